The Morgan fingerprint density at radius 2 is 2.17 bits per heavy atom. The van der Waals surface area contributed by atoms with Crippen LogP contribution in [0.3, 0.4) is 0 Å². The molecular formula is C8H5BrINS. The summed E-state index contributed by atoms with van der Waals surface area (Å²) >= 11 is 7.50. The molecule has 0 saturated heterocycles. The first kappa shape index (κ1) is 8.77. The van der Waals surface area contributed by atoms with Crippen LogP contribution in [0.25, 0.3) is 10.1 Å². The fraction of sp³-hybridized carbons (Fsp3) is 0. The van der Waals surface area contributed by atoms with Crippen LogP contribution in [0.2, 0.25) is 0 Å². The maximum absolute atomic E-state index is 5.82. The Bertz CT molecular complexity index is 438. The standard InChI is InChI=1S/C8H5BrINS/c9-8-4(10)1-2-6-7(8)5(11)3-12-6/h1-3H,11H2. The molecule has 1 heterocycles. The van der Waals surface area contributed by atoms with Gasteiger partial charge in [-0.3, -0.25) is 0 Å². The van der Waals surface area contributed by atoms with Crippen molar-refractivity contribution in [1.82, 2.24) is 0 Å². The summed E-state index contributed by atoms with van der Waals surface area (Å²) in [5.74, 6) is 0. The second-order valence-electron chi connectivity index (χ2n) is 2.43. The van der Waals surface area contributed by atoms with E-state index >= 15 is 0 Å². The molecule has 0 aliphatic carbocycles. The highest BCUT2D eigenvalue weighted by atomic mass is 127. The van der Waals surface area contributed by atoms with Crippen LogP contribution in [0.4, 0.5) is 5.69 Å². The number of nitrogen functional groups attached to an aromatic ring is 1. The summed E-state index contributed by atoms with van der Waals surface area (Å²) in [6.45, 7) is 0. The van der Waals surface area contributed by atoms with Crippen molar-refractivity contribution in [1.29, 1.82) is 0 Å². The fourth-order valence-corrected chi connectivity index (χ4v) is 3.10. The normalized spacial score (nSPS) is 10.8. The van der Waals surface area contributed by atoms with E-state index in [9.17, 15) is 0 Å². The first-order valence-corrected chi connectivity index (χ1v) is 6.06. The molecule has 0 radical (unpaired) electrons. The van der Waals surface area contributed by atoms with E-state index in [1.807, 2.05) is 5.38 Å². The zero-order valence-electron chi connectivity index (χ0n) is 5.97. The van der Waals surface area contributed by atoms with Gasteiger partial charge in [-0.2, -0.15) is 0 Å². The highest BCUT2D eigenvalue weighted by Crippen LogP contribution is 2.36. The number of fused-ring (bicyclic) bond motifs is 1. The lowest BCUT2D eigenvalue weighted by Crippen LogP contribution is -1.82. The summed E-state index contributed by atoms with van der Waals surface area (Å²) in [6.07, 6.45) is 0. The molecule has 0 spiro atoms. The maximum atomic E-state index is 5.82. The number of rotatable bonds is 0. The van der Waals surface area contributed by atoms with E-state index in [0.717, 1.165) is 15.5 Å². The molecule has 0 saturated carbocycles. The van der Waals surface area contributed by atoms with Crippen molar-refractivity contribution in [3.63, 3.8) is 0 Å². The predicted octanol–water partition coefficient (Wildman–Crippen LogP) is 3.85. The van der Waals surface area contributed by atoms with E-state index in [1.54, 1.807) is 11.3 Å². The van der Waals surface area contributed by atoms with Gasteiger partial charge in [-0.05, 0) is 50.7 Å². The number of hydrogen-bond acceptors (Lipinski definition) is 2. The van der Waals surface area contributed by atoms with Crippen LogP contribution >= 0.6 is 49.9 Å². The molecule has 62 valence electrons. The molecule has 4 heteroatoms. The van der Waals surface area contributed by atoms with Crippen molar-refractivity contribution in [3.8, 4) is 0 Å². The van der Waals surface area contributed by atoms with Gasteiger partial charge in [0.1, 0.15) is 0 Å². The van der Waals surface area contributed by atoms with Crippen LogP contribution in [0.5, 0.6) is 0 Å². The maximum Gasteiger partial charge on any atom is 0.0514 e. The molecule has 2 rings (SSSR count). The van der Waals surface area contributed by atoms with Crippen LogP contribution in [-0.2, 0) is 0 Å². The number of halogens is 2. The monoisotopic (exact) mass is 353 g/mol. The van der Waals surface area contributed by atoms with Crippen molar-refractivity contribution >= 4 is 65.6 Å². The topological polar surface area (TPSA) is 26.0 Å². The van der Waals surface area contributed by atoms with Crippen LogP contribution in [0, 0.1) is 3.57 Å². The van der Waals surface area contributed by atoms with Gasteiger partial charge in [0.25, 0.3) is 0 Å². The average molecular weight is 354 g/mol. The first-order valence-electron chi connectivity index (χ1n) is 3.31. The van der Waals surface area contributed by atoms with Gasteiger partial charge in [0.15, 0.2) is 0 Å². The summed E-state index contributed by atoms with van der Waals surface area (Å²) in [7, 11) is 0. The number of nitrogens with two attached hydrogens (primary N) is 1. The number of hydrogen-bond donors (Lipinski definition) is 1. The van der Waals surface area contributed by atoms with Crippen molar-refractivity contribution in [2.45, 2.75) is 0 Å². The lowest BCUT2D eigenvalue weighted by molar-refractivity contribution is 1.69. The highest BCUT2D eigenvalue weighted by molar-refractivity contribution is 14.1. The molecule has 2 aromatic rings. The zero-order chi connectivity index (χ0) is 8.72. The third-order valence-corrected chi connectivity index (χ3v) is 5.09. The molecule has 0 atom stereocenters. The molecule has 0 bridgehead atoms. The largest absolute Gasteiger partial charge is 0.398 e. The van der Waals surface area contributed by atoms with E-state index in [2.05, 4.69) is 50.7 Å². The minimum atomic E-state index is 0.861. The second-order valence-corrected chi connectivity index (χ2v) is 5.29. The third-order valence-electron chi connectivity index (χ3n) is 1.66. The molecule has 1 aromatic carbocycles. The van der Waals surface area contributed by atoms with Gasteiger partial charge < -0.3 is 5.73 Å². The van der Waals surface area contributed by atoms with Gasteiger partial charge in [-0.15, -0.1) is 11.3 Å². The number of benzene rings is 1. The summed E-state index contributed by atoms with van der Waals surface area (Å²) in [6, 6.07) is 4.19. The molecule has 0 fully saturated rings. The van der Waals surface area contributed by atoms with Crippen molar-refractivity contribution in [2.75, 3.05) is 5.73 Å². The average Bonchev–Trinajstić information content (AvgIpc) is 2.41. The van der Waals surface area contributed by atoms with E-state index < -0.39 is 0 Å². The first-order chi connectivity index (χ1) is 5.70. The Hall–Kier alpha value is 0.190. The molecular weight excluding hydrogens is 349 g/mol. The second kappa shape index (κ2) is 3.16. The predicted molar refractivity (Wildman–Crippen MR) is 66.7 cm³/mol. The number of anilines is 1. The Balaban J connectivity index is 2.96. The molecule has 1 aromatic heterocycles. The molecule has 12 heavy (non-hydrogen) atoms. The molecule has 0 amide bonds. The molecule has 0 unspecified atom stereocenters. The summed E-state index contributed by atoms with van der Waals surface area (Å²) < 4.78 is 3.55. The lowest BCUT2D eigenvalue weighted by Gasteiger charge is -1.98. The molecule has 1 nitrogen and oxygen atoms in total. The van der Waals surface area contributed by atoms with Crippen molar-refractivity contribution < 1.29 is 0 Å². The van der Waals surface area contributed by atoms with Crippen LogP contribution in [0.15, 0.2) is 22.0 Å². The van der Waals surface area contributed by atoms with E-state index in [0.29, 0.717) is 0 Å². The van der Waals surface area contributed by atoms with Gasteiger partial charge in [0.05, 0.1) is 5.69 Å². The van der Waals surface area contributed by atoms with Crippen molar-refractivity contribution in [3.05, 3.63) is 25.6 Å². The van der Waals surface area contributed by atoms with Gasteiger partial charge in [0.2, 0.25) is 0 Å². The van der Waals surface area contributed by atoms with Crippen LogP contribution in [-0.4, -0.2) is 0 Å². The molecule has 0 aliphatic rings. The van der Waals surface area contributed by atoms with Gasteiger partial charge >= 0.3 is 0 Å². The summed E-state index contributed by atoms with van der Waals surface area (Å²) in [5, 5.41) is 3.12. The third kappa shape index (κ3) is 1.25. The SMILES string of the molecule is Nc1csc2ccc(I)c(Br)c12. The van der Waals surface area contributed by atoms with E-state index in [4.69, 9.17) is 5.73 Å². The zero-order valence-corrected chi connectivity index (χ0v) is 10.5. The Kier molecular flexibility index (Phi) is 2.31. The summed E-state index contributed by atoms with van der Waals surface area (Å²) in [5.41, 5.74) is 6.68. The van der Waals surface area contributed by atoms with E-state index in [-0.39, 0.29) is 0 Å². The van der Waals surface area contributed by atoms with Crippen LogP contribution in [0.1, 0.15) is 0 Å². The highest BCUT2D eigenvalue weighted by Gasteiger charge is 2.06. The smallest absolute Gasteiger partial charge is 0.0514 e. The lowest BCUT2D eigenvalue weighted by atomic mass is 10.2. The Labute approximate surface area is 96.2 Å². The fourth-order valence-electron chi connectivity index (χ4n) is 1.09. The van der Waals surface area contributed by atoms with E-state index in [1.165, 1.54) is 8.27 Å². The van der Waals surface area contributed by atoms with Crippen LogP contribution < -0.4 is 5.73 Å². The number of thiophene rings is 1. The minimum Gasteiger partial charge on any atom is -0.398 e. The molecule has 2 N–H and O–H groups in total. The molecule has 0 aliphatic heterocycles. The summed E-state index contributed by atoms with van der Waals surface area (Å²) in [4.78, 5) is 0. The Morgan fingerprint density at radius 1 is 1.42 bits per heavy atom. The van der Waals surface area contributed by atoms with Gasteiger partial charge in [-0.1, -0.05) is 0 Å². The quantitative estimate of drug-likeness (QED) is 0.715. The Morgan fingerprint density at radius 3 is 2.92 bits per heavy atom. The van der Waals surface area contributed by atoms with Gasteiger partial charge in [-0.25, -0.2) is 0 Å². The van der Waals surface area contributed by atoms with Crippen molar-refractivity contribution in [2.24, 2.45) is 0 Å². The minimum absolute atomic E-state index is 0.861. The van der Waals surface area contributed by atoms with Gasteiger partial charge in [0, 0.05) is 23.5 Å².